The summed E-state index contributed by atoms with van der Waals surface area (Å²) >= 11 is 0. The van der Waals surface area contributed by atoms with Crippen LogP contribution in [0.2, 0.25) is 0 Å². The molecule has 1 aromatic heterocycles. The number of aryl methyl sites for hydroxylation is 1. The summed E-state index contributed by atoms with van der Waals surface area (Å²) < 4.78 is 5.75. The topological polar surface area (TPSA) is 101 Å². The number of ketones is 1. The molecule has 0 aliphatic heterocycles. The first kappa shape index (κ1) is 19.1. The summed E-state index contributed by atoms with van der Waals surface area (Å²) in [6.45, 7) is 4.63. The van der Waals surface area contributed by atoms with Crippen LogP contribution in [0.5, 0.6) is 5.75 Å². The summed E-state index contributed by atoms with van der Waals surface area (Å²) in [5.41, 5.74) is 2.16. The summed E-state index contributed by atoms with van der Waals surface area (Å²) in [5, 5.41) is 24.1. The van der Waals surface area contributed by atoms with E-state index in [2.05, 4.69) is 20.6 Å². The van der Waals surface area contributed by atoms with Crippen LogP contribution in [0.3, 0.4) is 0 Å². The first-order valence-electron chi connectivity index (χ1n) is 8.78. The lowest BCUT2D eigenvalue weighted by Crippen LogP contribution is -2.04. The van der Waals surface area contributed by atoms with Crippen molar-refractivity contribution in [1.82, 2.24) is 20.6 Å². The molecule has 0 unspecified atom stereocenters. The van der Waals surface area contributed by atoms with Crippen LogP contribution in [0.15, 0.2) is 12.1 Å². The Kier molecular flexibility index (Phi) is 7.53. The second-order valence-corrected chi connectivity index (χ2v) is 6.10. The number of unbranched alkanes of at least 4 members (excludes halogenated alkanes) is 2. The maximum absolute atomic E-state index is 11.6. The number of Topliss-reactive ketones (excluding diaryl/α,β-unsaturated/α-hetero) is 1. The van der Waals surface area contributed by atoms with E-state index in [0.29, 0.717) is 18.8 Å². The number of benzene rings is 1. The molecule has 0 spiro atoms. The molecule has 0 amide bonds. The molecule has 1 aromatic carbocycles. The van der Waals surface area contributed by atoms with Gasteiger partial charge in [0.25, 0.3) is 0 Å². The monoisotopic (exact) mass is 346 g/mol. The third-order valence-corrected chi connectivity index (χ3v) is 4.09. The van der Waals surface area contributed by atoms with Gasteiger partial charge in [-0.05, 0) is 37.8 Å². The Hall–Kier alpha value is -2.28. The van der Waals surface area contributed by atoms with Crippen LogP contribution in [0.25, 0.3) is 0 Å². The van der Waals surface area contributed by atoms with Gasteiger partial charge < -0.3 is 9.84 Å². The first-order valence-corrected chi connectivity index (χ1v) is 8.78. The van der Waals surface area contributed by atoms with Crippen LogP contribution in [0, 0.1) is 0 Å². The van der Waals surface area contributed by atoms with Gasteiger partial charge in [-0.2, -0.15) is 5.21 Å². The molecule has 0 atom stereocenters. The quantitative estimate of drug-likeness (QED) is 0.479. The first-order chi connectivity index (χ1) is 12.1. The lowest BCUT2D eigenvalue weighted by Gasteiger charge is -2.14. The van der Waals surface area contributed by atoms with Gasteiger partial charge in [0.2, 0.25) is 0 Å². The van der Waals surface area contributed by atoms with E-state index in [1.807, 2.05) is 13.0 Å². The molecule has 0 aliphatic carbocycles. The highest BCUT2D eigenvalue weighted by molar-refractivity contribution is 5.97. The predicted molar refractivity (Wildman–Crippen MR) is 93.5 cm³/mol. The molecule has 7 heteroatoms. The van der Waals surface area contributed by atoms with Crippen LogP contribution in [0.4, 0.5) is 0 Å². The van der Waals surface area contributed by atoms with Gasteiger partial charge in [-0.15, -0.1) is 10.2 Å². The zero-order valence-electron chi connectivity index (χ0n) is 14.9. The van der Waals surface area contributed by atoms with Gasteiger partial charge >= 0.3 is 0 Å². The van der Waals surface area contributed by atoms with Crippen molar-refractivity contribution in [2.75, 3.05) is 6.61 Å². The molecule has 1 heterocycles. The molecule has 7 nitrogen and oxygen atoms in total. The fourth-order valence-corrected chi connectivity index (χ4v) is 2.76. The summed E-state index contributed by atoms with van der Waals surface area (Å²) in [7, 11) is 0. The van der Waals surface area contributed by atoms with Crippen LogP contribution in [0.1, 0.15) is 66.8 Å². The van der Waals surface area contributed by atoms with Crippen molar-refractivity contribution in [2.45, 2.75) is 59.0 Å². The lowest BCUT2D eigenvalue weighted by molar-refractivity contribution is 0.101. The number of nitrogens with one attached hydrogen (secondary N) is 1. The Balaban J connectivity index is 1.77. The van der Waals surface area contributed by atoms with Crippen LogP contribution < -0.4 is 0 Å². The highest BCUT2D eigenvalue weighted by atomic mass is 16.5. The molecule has 25 heavy (non-hydrogen) atoms. The number of carbonyl (C=O) groups is 1. The van der Waals surface area contributed by atoms with E-state index in [0.717, 1.165) is 55.5 Å². The minimum Gasteiger partial charge on any atom is -0.507 e. The number of rotatable bonds is 11. The Morgan fingerprint density at radius 2 is 2.08 bits per heavy atom. The molecule has 0 bridgehead atoms. The molecule has 0 saturated carbocycles. The molecule has 136 valence electrons. The van der Waals surface area contributed by atoms with Crippen molar-refractivity contribution in [2.24, 2.45) is 0 Å². The largest absolute Gasteiger partial charge is 0.507 e. The molecular formula is C18H26N4O3. The van der Waals surface area contributed by atoms with Gasteiger partial charge in [0, 0.05) is 18.6 Å². The second-order valence-electron chi connectivity index (χ2n) is 6.10. The molecule has 0 aliphatic rings. The van der Waals surface area contributed by atoms with Crippen molar-refractivity contribution in [1.29, 1.82) is 0 Å². The lowest BCUT2D eigenvalue weighted by atomic mass is 9.97. The third-order valence-electron chi connectivity index (χ3n) is 4.09. The van der Waals surface area contributed by atoms with E-state index in [9.17, 15) is 9.90 Å². The van der Waals surface area contributed by atoms with Gasteiger partial charge in [0.1, 0.15) is 5.75 Å². The number of aromatic amines is 1. The van der Waals surface area contributed by atoms with Crippen LogP contribution in [-0.4, -0.2) is 38.1 Å². The van der Waals surface area contributed by atoms with Crippen LogP contribution >= 0.6 is 0 Å². The summed E-state index contributed by atoms with van der Waals surface area (Å²) in [5.74, 6) is 0.727. The normalized spacial score (nSPS) is 11.0. The van der Waals surface area contributed by atoms with Gasteiger partial charge in [-0.25, -0.2) is 0 Å². The average molecular weight is 346 g/mol. The number of aromatic hydroxyl groups is 1. The van der Waals surface area contributed by atoms with Crippen molar-refractivity contribution >= 4 is 5.78 Å². The molecule has 2 rings (SSSR count). The van der Waals surface area contributed by atoms with Crippen molar-refractivity contribution in [3.05, 3.63) is 34.6 Å². The van der Waals surface area contributed by atoms with Crippen molar-refractivity contribution in [3.63, 3.8) is 0 Å². The zero-order chi connectivity index (χ0) is 18.1. The Morgan fingerprint density at radius 3 is 2.76 bits per heavy atom. The molecule has 2 aromatic rings. The number of phenolic OH excluding ortho intramolecular Hbond substituents is 1. The van der Waals surface area contributed by atoms with Gasteiger partial charge in [-0.1, -0.05) is 31.0 Å². The van der Waals surface area contributed by atoms with Crippen molar-refractivity contribution in [3.8, 4) is 5.75 Å². The van der Waals surface area contributed by atoms with Crippen molar-refractivity contribution < 1.29 is 14.6 Å². The molecule has 2 N–H and O–H groups in total. The fraction of sp³-hybridized carbons (Fsp3) is 0.556. The molecule has 0 fully saturated rings. The van der Waals surface area contributed by atoms with Gasteiger partial charge in [0.15, 0.2) is 11.6 Å². The summed E-state index contributed by atoms with van der Waals surface area (Å²) in [4.78, 5) is 11.6. The number of hydrogen-bond acceptors (Lipinski definition) is 6. The third kappa shape index (κ3) is 5.63. The molecular weight excluding hydrogens is 320 g/mol. The fourth-order valence-electron chi connectivity index (χ4n) is 2.76. The number of nitrogens with zero attached hydrogens (tertiary/aromatic N) is 3. The maximum Gasteiger partial charge on any atom is 0.174 e. The van der Waals surface area contributed by atoms with E-state index >= 15 is 0 Å². The predicted octanol–water partition coefficient (Wildman–Crippen LogP) is 2.99. The number of H-pyrrole nitrogens is 1. The maximum atomic E-state index is 11.6. The number of carbonyl (C=O) groups excluding carboxylic acids is 1. The number of tetrazole rings is 1. The molecule has 0 radical (unpaired) electrons. The van der Waals surface area contributed by atoms with E-state index < -0.39 is 0 Å². The minimum absolute atomic E-state index is 0.107. The summed E-state index contributed by atoms with van der Waals surface area (Å²) in [6, 6.07) is 3.57. The number of hydrogen-bond donors (Lipinski definition) is 2. The van der Waals surface area contributed by atoms with Crippen LogP contribution in [-0.2, 0) is 24.2 Å². The number of phenols is 1. The number of aromatic nitrogens is 4. The van der Waals surface area contributed by atoms with E-state index in [1.165, 1.54) is 6.92 Å². The van der Waals surface area contributed by atoms with E-state index in [4.69, 9.17) is 4.74 Å². The van der Waals surface area contributed by atoms with E-state index in [-0.39, 0.29) is 11.5 Å². The SMILES string of the molecule is CCCc1c(COCCCCCc2nn[nH]n2)ccc(C(C)=O)c1O. The highest BCUT2D eigenvalue weighted by Gasteiger charge is 2.14. The second kappa shape index (κ2) is 9.88. The van der Waals surface area contributed by atoms with Gasteiger partial charge in [-0.3, -0.25) is 4.79 Å². The smallest absolute Gasteiger partial charge is 0.174 e. The zero-order valence-corrected chi connectivity index (χ0v) is 14.9. The highest BCUT2D eigenvalue weighted by Crippen LogP contribution is 2.28. The Labute approximate surface area is 147 Å². The standard InChI is InChI=1S/C18H26N4O3/c1-3-7-16-14(9-10-15(13(2)23)18(16)24)12-25-11-6-4-5-8-17-19-21-22-20-17/h9-10,24H,3-8,11-12H2,1-2H3,(H,19,20,21,22). The Morgan fingerprint density at radius 1 is 1.24 bits per heavy atom. The molecule has 0 saturated heterocycles. The van der Waals surface area contributed by atoms with E-state index in [1.54, 1.807) is 6.07 Å². The summed E-state index contributed by atoms with van der Waals surface area (Å²) in [6.07, 6.45) is 5.44. The minimum atomic E-state index is -0.121. The average Bonchev–Trinajstić information content (AvgIpc) is 3.10. The number of ether oxygens (including phenoxy) is 1. The Bertz CT molecular complexity index is 671. The van der Waals surface area contributed by atoms with Gasteiger partial charge in [0.05, 0.1) is 12.2 Å².